The molecule has 0 spiro atoms. The average Bonchev–Trinajstić information content (AvgIpc) is 3.01. The number of sulfonamides is 1. The van der Waals surface area contributed by atoms with Gasteiger partial charge < -0.3 is 10.2 Å². The normalized spacial score (nSPS) is 12.6. The number of carbonyl (C=O) groups excluding carboxylic acids is 2. The molecule has 0 fully saturated rings. The lowest BCUT2D eigenvalue weighted by atomic mass is 10.0. The number of hydrogen-bond donors (Lipinski definition) is 1. The summed E-state index contributed by atoms with van der Waals surface area (Å²) in [5, 5.41) is 3.54. The van der Waals surface area contributed by atoms with Crippen molar-refractivity contribution in [1.29, 1.82) is 0 Å². The predicted octanol–water partition coefficient (Wildman–Crippen LogP) is 6.71. The van der Waals surface area contributed by atoms with Gasteiger partial charge in [0.2, 0.25) is 11.8 Å². The molecule has 0 bridgehead atoms. The van der Waals surface area contributed by atoms with Crippen LogP contribution in [0.15, 0.2) is 108 Å². The highest BCUT2D eigenvalue weighted by molar-refractivity contribution is 7.92. The van der Waals surface area contributed by atoms with E-state index in [-0.39, 0.29) is 29.8 Å². The van der Waals surface area contributed by atoms with Gasteiger partial charge in [-0.05, 0) is 85.8 Å². The molecule has 9 heteroatoms. The average molecular weight is 646 g/mol. The van der Waals surface area contributed by atoms with Crippen LogP contribution in [0.4, 0.5) is 5.69 Å². The monoisotopic (exact) mass is 645 g/mol. The molecule has 45 heavy (non-hydrogen) atoms. The van der Waals surface area contributed by atoms with Gasteiger partial charge in [-0.2, -0.15) is 0 Å². The maximum atomic E-state index is 14.6. The minimum atomic E-state index is -4.16. The fourth-order valence-corrected chi connectivity index (χ4v) is 6.80. The van der Waals surface area contributed by atoms with Crippen molar-refractivity contribution < 1.29 is 18.0 Å². The molecule has 0 heterocycles. The predicted molar refractivity (Wildman–Crippen MR) is 181 cm³/mol. The van der Waals surface area contributed by atoms with Crippen molar-refractivity contribution in [2.45, 2.75) is 64.1 Å². The van der Waals surface area contributed by atoms with Gasteiger partial charge in [-0.1, -0.05) is 85.3 Å². The van der Waals surface area contributed by atoms with Crippen molar-refractivity contribution in [3.8, 4) is 0 Å². The molecule has 1 N–H and O–H groups in total. The molecule has 4 aromatic rings. The van der Waals surface area contributed by atoms with Crippen LogP contribution < -0.4 is 9.62 Å². The number of aryl methyl sites for hydroxylation is 2. The molecule has 0 saturated heterocycles. The zero-order chi connectivity index (χ0) is 32.6. The Kier molecular flexibility index (Phi) is 11.4. The minimum Gasteiger partial charge on any atom is -0.352 e. The summed E-state index contributed by atoms with van der Waals surface area (Å²) in [6.45, 7) is 7.19. The molecular weight excluding hydrogens is 606 g/mol. The molecule has 0 aromatic heterocycles. The maximum absolute atomic E-state index is 14.6. The van der Waals surface area contributed by atoms with E-state index in [0.717, 1.165) is 21.0 Å². The minimum absolute atomic E-state index is 0.0525. The Balaban J connectivity index is 1.83. The number of hydrogen-bond acceptors (Lipinski definition) is 4. The van der Waals surface area contributed by atoms with E-state index in [0.29, 0.717) is 22.7 Å². The first-order valence-corrected chi connectivity index (χ1v) is 16.8. The van der Waals surface area contributed by atoms with Crippen LogP contribution in [0, 0.1) is 13.8 Å². The van der Waals surface area contributed by atoms with Crippen molar-refractivity contribution in [1.82, 2.24) is 10.2 Å². The number of carbonyl (C=O) groups is 2. The second-order valence-corrected chi connectivity index (χ2v) is 13.6. The Morgan fingerprint density at radius 3 is 2.02 bits per heavy atom. The van der Waals surface area contributed by atoms with Gasteiger partial charge in [-0.25, -0.2) is 8.42 Å². The lowest BCUT2D eigenvalue weighted by Crippen LogP contribution is -2.54. The third-order valence-electron chi connectivity index (χ3n) is 7.62. The second-order valence-electron chi connectivity index (χ2n) is 11.3. The molecule has 0 saturated carbocycles. The lowest BCUT2D eigenvalue weighted by Gasteiger charge is -2.34. The Morgan fingerprint density at radius 1 is 0.822 bits per heavy atom. The molecule has 0 aliphatic heterocycles. The fraction of sp³-hybridized carbons (Fsp3) is 0.278. The van der Waals surface area contributed by atoms with E-state index in [9.17, 15) is 18.0 Å². The van der Waals surface area contributed by atoms with Crippen LogP contribution in [-0.4, -0.2) is 43.8 Å². The summed E-state index contributed by atoms with van der Waals surface area (Å²) in [6.07, 6.45) is 0.951. The number of anilines is 1. The molecule has 7 nitrogen and oxygen atoms in total. The van der Waals surface area contributed by atoms with Crippen molar-refractivity contribution in [2.24, 2.45) is 0 Å². The molecule has 236 valence electrons. The summed E-state index contributed by atoms with van der Waals surface area (Å²) in [4.78, 5) is 30.0. The first-order chi connectivity index (χ1) is 21.5. The number of halogens is 1. The van der Waals surface area contributed by atoms with Gasteiger partial charge in [-0.15, -0.1) is 0 Å². The molecular formula is C36H40ClN3O4S. The molecule has 2 amide bonds. The molecule has 0 aliphatic rings. The third-order valence-corrected chi connectivity index (χ3v) is 9.64. The first-order valence-electron chi connectivity index (χ1n) is 15.0. The van der Waals surface area contributed by atoms with Crippen molar-refractivity contribution in [3.63, 3.8) is 0 Å². The summed E-state index contributed by atoms with van der Waals surface area (Å²) in [5.41, 5.74) is 3.67. The van der Waals surface area contributed by atoms with Crippen molar-refractivity contribution in [3.05, 3.63) is 130 Å². The van der Waals surface area contributed by atoms with Crippen LogP contribution in [0.2, 0.25) is 5.02 Å². The molecule has 0 unspecified atom stereocenters. The van der Waals surface area contributed by atoms with Crippen LogP contribution >= 0.6 is 11.6 Å². The van der Waals surface area contributed by atoms with Gasteiger partial charge in [0.25, 0.3) is 10.0 Å². The smallest absolute Gasteiger partial charge is 0.264 e. The van der Waals surface area contributed by atoms with Gasteiger partial charge in [0.1, 0.15) is 12.6 Å². The lowest BCUT2D eigenvalue weighted by molar-refractivity contribution is -0.140. The van der Waals surface area contributed by atoms with Gasteiger partial charge >= 0.3 is 0 Å². The van der Waals surface area contributed by atoms with Crippen molar-refractivity contribution >= 4 is 39.1 Å². The number of nitrogens with zero attached hydrogens (tertiary/aromatic N) is 2. The summed E-state index contributed by atoms with van der Waals surface area (Å²) < 4.78 is 29.4. The van der Waals surface area contributed by atoms with Crippen LogP contribution in [0.3, 0.4) is 0 Å². The summed E-state index contributed by atoms with van der Waals surface area (Å²) in [7, 11) is -4.16. The topological polar surface area (TPSA) is 86.8 Å². The van der Waals surface area contributed by atoms with E-state index in [1.54, 1.807) is 48.5 Å². The van der Waals surface area contributed by atoms with Crippen LogP contribution in [-0.2, 0) is 32.6 Å². The second kappa shape index (κ2) is 15.2. The quantitative estimate of drug-likeness (QED) is 0.175. The van der Waals surface area contributed by atoms with Gasteiger partial charge in [0.15, 0.2) is 0 Å². The van der Waals surface area contributed by atoms with E-state index in [2.05, 4.69) is 5.32 Å². The number of amides is 2. The molecule has 4 aromatic carbocycles. The van der Waals surface area contributed by atoms with Gasteiger partial charge in [0.05, 0.1) is 10.6 Å². The van der Waals surface area contributed by atoms with Crippen molar-refractivity contribution in [2.75, 3.05) is 10.8 Å². The van der Waals surface area contributed by atoms with Gasteiger partial charge in [0, 0.05) is 24.0 Å². The van der Waals surface area contributed by atoms with E-state index >= 15 is 0 Å². The Morgan fingerprint density at radius 2 is 1.42 bits per heavy atom. The highest BCUT2D eigenvalue weighted by Gasteiger charge is 2.35. The molecule has 4 rings (SSSR count). The highest BCUT2D eigenvalue weighted by Crippen LogP contribution is 2.27. The molecule has 0 aliphatic carbocycles. The van der Waals surface area contributed by atoms with Crippen LogP contribution in [0.25, 0.3) is 0 Å². The maximum Gasteiger partial charge on any atom is 0.264 e. The van der Waals surface area contributed by atoms with E-state index in [1.807, 2.05) is 70.2 Å². The Labute approximate surface area is 271 Å². The first kappa shape index (κ1) is 33.7. The van der Waals surface area contributed by atoms with E-state index < -0.39 is 28.5 Å². The standard InChI is InChI=1S/C36H40ClN3O4S/c1-5-28(4)38-36(42)34(23-29-13-8-6-9-14-29)39(24-30-15-12-16-31(37)22-30)35(41)25-40(32-20-26(2)19-27(3)21-32)45(43,44)33-17-10-7-11-18-33/h6-22,28,34H,5,23-25H2,1-4H3,(H,38,42)/t28-,34-/m1/s1. The van der Waals surface area contributed by atoms with E-state index in [4.69, 9.17) is 11.6 Å². The number of benzene rings is 4. The fourth-order valence-electron chi connectivity index (χ4n) is 5.17. The summed E-state index contributed by atoms with van der Waals surface area (Å²) >= 11 is 6.32. The van der Waals surface area contributed by atoms with Crippen LogP contribution in [0.1, 0.15) is 42.5 Å². The number of nitrogens with one attached hydrogen (secondary N) is 1. The molecule has 2 atom stereocenters. The zero-order valence-corrected chi connectivity index (χ0v) is 27.7. The third kappa shape index (κ3) is 8.96. The SMILES string of the molecule is CC[C@@H](C)NC(=O)[C@@H](Cc1ccccc1)N(Cc1cccc(Cl)c1)C(=O)CN(c1cc(C)cc(C)c1)S(=O)(=O)c1ccccc1. The zero-order valence-electron chi connectivity index (χ0n) is 26.1. The highest BCUT2D eigenvalue weighted by atomic mass is 35.5. The van der Waals surface area contributed by atoms with E-state index in [1.165, 1.54) is 17.0 Å². The largest absolute Gasteiger partial charge is 0.352 e. The van der Waals surface area contributed by atoms with Gasteiger partial charge in [-0.3, -0.25) is 13.9 Å². The summed E-state index contributed by atoms with van der Waals surface area (Å²) in [5.74, 6) is -0.832. The Hall–Kier alpha value is -4.14. The Bertz CT molecular complexity index is 1690. The van der Waals surface area contributed by atoms with Crippen LogP contribution in [0.5, 0.6) is 0 Å². The summed E-state index contributed by atoms with van der Waals surface area (Å²) in [6, 6.07) is 29.0. The molecule has 0 radical (unpaired) electrons. The number of rotatable bonds is 13.